The second-order valence-electron chi connectivity index (χ2n) is 8.95. The van der Waals surface area contributed by atoms with Gasteiger partial charge >= 0.3 is 0 Å². The van der Waals surface area contributed by atoms with Crippen LogP contribution in [0.2, 0.25) is 0 Å². The summed E-state index contributed by atoms with van der Waals surface area (Å²) >= 11 is 5.88. The van der Waals surface area contributed by atoms with Crippen molar-refractivity contribution < 1.29 is 4.79 Å². The number of aromatic nitrogens is 2. The molecule has 1 amide bonds. The van der Waals surface area contributed by atoms with Crippen LogP contribution in [0.5, 0.6) is 0 Å². The van der Waals surface area contributed by atoms with E-state index in [4.69, 9.17) is 16.6 Å². The maximum Gasteiger partial charge on any atom is 0.266 e. The molecule has 0 radical (unpaired) electrons. The molecule has 1 aromatic heterocycles. The van der Waals surface area contributed by atoms with E-state index in [1.165, 1.54) is 0 Å². The van der Waals surface area contributed by atoms with Crippen LogP contribution in [-0.2, 0) is 4.79 Å². The molecule has 1 atom stereocenters. The Bertz CT molecular complexity index is 1140. The fourth-order valence-electron chi connectivity index (χ4n) is 4.07. The van der Waals surface area contributed by atoms with E-state index < -0.39 is 0 Å². The third-order valence-corrected chi connectivity index (χ3v) is 6.21. The summed E-state index contributed by atoms with van der Waals surface area (Å²) in [6, 6.07) is 15.0. The highest BCUT2D eigenvalue weighted by molar-refractivity contribution is 6.17. The largest absolute Gasteiger partial charge is 0.332 e. The Kier molecular flexibility index (Phi) is 8.67. The molecule has 0 saturated carbocycles. The number of alkyl halides is 1. The van der Waals surface area contributed by atoms with Crippen LogP contribution in [-0.4, -0.2) is 32.8 Å². The molecule has 0 N–H and O–H groups in total. The molecule has 0 aliphatic rings. The van der Waals surface area contributed by atoms with Crippen molar-refractivity contribution >= 4 is 28.4 Å². The number of amides is 1. The number of halogens is 1. The lowest BCUT2D eigenvalue weighted by Crippen LogP contribution is -2.39. The van der Waals surface area contributed by atoms with Gasteiger partial charge in [0.25, 0.3) is 5.56 Å². The first kappa shape index (κ1) is 25.0. The standard InChI is InChI=1S/C27H34ClN3O2/c1-5-24(30(18-16-19(2)3)25(32)11-8-17-28)26-29-23-10-7-6-9-22(23)27(33)31(26)21-14-12-20(4)13-15-21/h6-7,9-10,12-15,19,24H,5,8,11,16-18H2,1-4H3. The fourth-order valence-corrected chi connectivity index (χ4v) is 4.21. The van der Waals surface area contributed by atoms with E-state index in [1.807, 2.05) is 67.3 Å². The van der Waals surface area contributed by atoms with Crippen LogP contribution in [0.25, 0.3) is 16.6 Å². The topological polar surface area (TPSA) is 55.2 Å². The number of carbonyl (C=O) groups is 1. The number of aryl methyl sites for hydroxylation is 1. The first-order valence-electron chi connectivity index (χ1n) is 11.8. The van der Waals surface area contributed by atoms with Gasteiger partial charge in [-0.1, -0.05) is 50.6 Å². The quantitative estimate of drug-likeness (QED) is 0.341. The van der Waals surface area contributed by atoms with E-state index in [0.717, 1.165) is 17.7 Å². The average Bonchev–Trinajstić information content (AvgIpc) is 2.81. The minimum Gasteiger partial charge on any atom is -0.332 e. The fraction of sp³-hybridized carbons (Fsp3) is 0.444. The second kappa shape index (κ2) is 11.5. The Hall–Kier alpha value is -2.66. The maximum atomic E-state index is 13.7. The van der Waals surface area contributed by atoms with Crippen molar-refractivity contribution in [2.24, 2.45) is 5.92 Å². The van der Waals surface area contributed by atoms with Gasteiger partial charge in [-0.3, -0.25) is 14.2 Å². The molecule has 2 aromatic carbocycles. The van der Waals surface area contributed by atoms with E-state index >= 15 is 0 Å². The molecule has 0 saturated heterocycles. The van der Waals surface area contributed by atoms with Gasteiger partial charge in [-0.05, 0) is 56.4 Å². The Morgan fingerprint density at radius 1 is 1.12 bits per heavy atom. The zero-order valence-electron chi connectivity index (χ0n) is 20.1. The summed E-state index contributed by atoms with van der Waals surface area (Å²) in [5.41, 5.74) is 2.41. The van der Waals surface area contributed by atoms with Gasteiger partial charge in [-0.2, -0.15) is 0 Å². The van der Waals surface area contributed by atoms with Crippen molar-refractivity contribution in [3.8, 4) is 5.69 Å². The highest BCUT2D eigenvalue weighted by Gasteiger charge is 2.28. The highest BCUT2D eigenvalue weighted by Crippen LogP contribution is 2.27. The van der Waals surface area contributed by atoms with Gasteiger partial charge in [0.2, 0.25) is 5.91 Å². The molecule has 0 aliphatic carbocycles. The van der Waals surface area contributed by atoms with Crippen molar-refractivity contribution in [1.29, 1.82) is 0 Å². The van der Waals surface area contributed by atoms with Gasteiger partial charge in [-0.25, -0.2) is 4.98 Å². The minimum absolute atomic E-state index is 0.0565. The number of nitrogens with zero attached hydrogens (tertiary/aromatic N) is 3. The summed E-state index contributed by atoms with van der Waals surface area (Å²) in [6.07, 6.45) is 2.55. The zero-order chi connectivity index (χ0) is 24.0. The van der Waals surface area contributed by atoms with Crippen LogP contribution in [0.15, 0.2) is 53.3 Å². The van der Waals surface area contributed by atoms with Crippen LogP contribution >= 0.6 is 11.6 Å². The predicted molar refractivity (Wildman–Crippen MR) is 136 cm³/mol. The molecule has 0 bridgehead atoms. The maximum absolute atomic E-state index is 13.7. The van der Waals surface area contributed by atoms with E-state index in [-0.39, 0.29) is 17.5 Å². The monoisotopic (exact) mass is 467 g/mol. The third kappa shape index (κ3) is 5.83. The Morgan fingerprint density at radius 3 is 2.45 bits per heavy atom. The van der Waals surface area contributed by atoms with Crippen molar-refractivity contribution in [2.75, 3.05) is 12.4 Å². The number of para-hydroxylation sites is 1. The van der Waals surface area contributed by atoms with Gasteiger partial charge in [0.05, 0.1) is 22.6 Å². The molecule has 0 fully saturated rings. The Morgan fingerprint density at radius 2 is 1.82 bits per heavy atom. The normalized spacial score (nSPS) is 12.3. The molecule has 176 valence electrons. The highest BCUT2D eigenvalue weighted by atomic mass is 35.5. The smallest absolute Gasteiger partial charge is 0.266 e. The molecule has 3 rings (SSSR count). The molecule has 1 unspecified atom stereocenters. The predicted octanol–water partition coefficient (Wildman–Crippen LogP) is 6.04. The molecule has 0 spiro atoms. The molecule has 1 heterocycles. The Balaban J connectivity index is 2.21. The SMILES string of the molecule is CCC(c1nc2ccccc2c(=O)n1-c1ccc(C)cc1)N(CCC(C)C)C(=O)CCCCl. The summed E-state index contributed by atoms with van der Waals surface area (Å²) in [5, 5.41) is 0.568. The van der Waals surface area contributed by atoms with Crippen LogP contribution < -0.4 is 5.56 Å². The lowest BCUT2D eigenvalue weighted by molar-refractivity contribution is -0.134. The number of benzene rings is 2. The third-order valence-electron chi connectivity index (χ3n) is 5.95. The summed E-state index contributed by atoms with van der Waals surface area (Å²) in [7, 11) is 0. The number of hydrogen-bond donors (Lipinski definition) is 0. The summed E-state index contributed by atoms with van der Waals surface area (Å²) in [6.45, 7) is 8.98. The van der Waals surface area contributed by atoms with E-state index in [1.54, 1.807) is 4.57 Å². The second-order valence-corrected chi connectivity index (χ2v) is 9.33. The van der Waals surface area contributed by atoms with Crippen LogP contribution in [0, 0.1) is 12.8 Å². The molecule has 33 heavy (non-hydrogen) atoms. The van der Waals surface area contributed by atoms with Gasteiger partial charge in [-0.15, -0.1) is 11.6 Å². The van der Waals surface area contributed by atoms with Crippen LogP contribution in [0.4, 0.5) is 0 Å². The van der Waals surface area contributed by atoms with Gasteiger partial charge in [0.1, 0.15) is 5.82 Å². The Labute approximate surface area is 201 Å². The van der Waals surface area contributed by atoms with Crippen LogP contribution in [0.1, 0.15) is 63.9 Å². The lowest BCUT2D eigenvalue weighted by Gasteiger charge is -2.33. The number of rotatable bonds is 10. The zero-order valence-corrected chi connectivity index (χ0v) is 20.8. The first-order chi connectivity index (χ1) is 15.9. The molecule has 6 heteroatoms. The molecular weight excluding hydrogens is 434 g/mol. The van der Waals surface area contributed by atoms with Crippen molar-refractivity contribution in [2.45, 2.75) is 59.4 Å². The van der Waals surface area contributed by atoms with E-state index in [0.29, 0.717) is 54.3 Å². The van der Waals surface area contributed by atoms with E-state index in [9.17, 15) is 9.59 Å². The number of hydrogen-bond acceptors (Lipinski definition) is 3. The van der Waals surface area contributed by atoms with Gasteiger partial charge in [0.15, 0.2) is 0 Å². The summed E-state index contributed by atoms with van der Waals surface area (Å²) in [4.78, 5) is 33.8. The first-order valence-corrected chi connectivity index (χ1v) is 12.3. The van der Waals surface area contributed by atoms with Gasteiger partial charge < -0.3 is 4.90 Å². The van der Waals surface area contributed by atoms with Crippen molar-refractivity contribution in [3.05, 3.63) is 70.3 Å². The summed E-state index contributed by atoms with van der Waals surface area (Å²) in [5.74, 6) is 1.56. The number of fused-ring (bicyclic) bond motifs is 1. The van der Waals surface area contributed by atoms with E-state index in [2.05, 4.69) is 13.8 Å². The minimum atomic E-state index is -0.315. The van der Waals surface area contributed by atoms with Crippen molar-refractivity contribution in [1.82, 2.24) is 14.5 Å². The lowest BCUT2D eigenvalue weighted by atomic mass is 10.1. The molecule has 3 aromatic rings. The summed E-state index contributed by atoms with van der Waals surface area (Å²) < 4.78 is 1.69. The molecular formula is C27H34ClN3O2. The van der Waals surface area contributed by atoms with Crippen LogP contribution in [0.3, 0.4) is 0 Å². The molecule has 5 nitrogen and oxygen atoms in total. The average molecular weight is 468 g/mol. The van der Waals surface area contributed by atoms with Crippen molar-refractivity contribution in [3.63, 3.8) is 0 Å². The number of carbonyl (C=O) groups excluding carboxylic acids is 1. The van der Waals surface area contributed by atoms with Gasteiger partial charge in [0, 0.05) is 18.8 Å². The molecule has 0 aliphatic heterocycles.